The third-order valence-corrected chi connectivity index (χ3v) is 14.2. The van der Waals surface area contributed by atoms with Crippen LogP contribution in [0, 0.1) is 11.8 Å². The van der Waals surface area contributed by atoms with Crippen LogP contribution in [0.2, 0.25) is 18.1 Å². The summed E-state index contributed by atoms with van der Waals surface area (Å²) in [5.74, 6) is 1.65. The molecule has 1 N–H and O–H groups in total. The Morgan fingerprint density at radius 1 is 1.23 bits per heavy atom. The summed E-state index contributed by atoms with van der Waals surface area (Å²) in [5.41, 5.74) is 2.15. The first-order valence-corrected chi connectivity index (χ1v) is 18.6. The van der Waals surface area contributed by atoms with Gasteiger partial charge in [-0.25, -0.2) is 0 Å². The van der Waals surface area contributed by atoms with Gasteiger partial charge in [-0.05, 0) is 60.7 Å². The molecule has 1 saturated heterocycles. The number of thiocarbonyl (C=S) groups is 1. The van der Waals surface area contributed by atoms with E-state index in [4.69, 9.17) is 26.1 Å². The van der Waals surface area contributed by atoms with Crippen LogP contribution in [0.25, 0.3) is 0 Å². The van der Waals surface area contributed by atoms with E-state index in [2.05, 4.69) is 60.7 Å². The third kappa shape index (κ3) is 9.95. The van der Waals surface area contributed by atoms with Crippen LogP contribution in [0.4, 0.5) is 0 Å². The second kappa shape index (κ2) is 15.3. The van der Waals surface area contributed by atoms with E-state index in [0.717, 1.165) is 22.6 Å². The van der Waals surface area contributed by atoms with Crippen molar-refractivity contribution in [2.24, 2.45) is 11.8 Å². The standard InChI is InChI=1S/C31H51NO5S2Si/c1-21(2)26-20-39-30(38)32(26)29(34)18-27(33)22(3)17-23(4)28(37-40(9,10)31(5,6)7)15-16-36-19-24-11-13-25(35-8)14-12-24/h11-14,17,21-22,26-28,33H,15-16,18-20H2,1-10H3/b23-17+/t22-,26-,27-,28-/m0/s1. The Hall–Kier alpha value is -1.23. The molecule has 1 aliphatic rings. The highest BCUT2D eigenvalue weighted by Crippen LogP contribution is 2.38. The summed E-state index contributed by atoms with van der Waals surface area (Å²) in [6.45, 7) is 20.5. The second-order valence-electron chi connectivity index (χ2n) is 12.7. The van der Waals surface area contributed by atoms with Crippen molar-refractivity contribution in [2.75, 3.05) is 19.5 Å². The van der Waals surface area contributed by atoms with Crippen molar-refractivity contribution >= 4 is 42.5 Å². The Morgan fingerprint density at radius 2 is 1.85 bits per heavy atom. The molecule has 0 spiro atoms. The van der Waals surface area contributed by atoms with Gasteiger partial charge in [-0.2, -0.15) is 0 Å². The molecule has 1 amide bonds. The van der Waals surface area contributed by atoms with Crippen LogP contribution < -0.4 is 4.74 Å². The zero-order valence-corrected chi connectivity index (χ0v) is 28.8. The summed E-state index contributed by atoms with van der Waals surface area (Å²) < 4.78 is 18.7. The highest BCUT2D eigenvalue weighted by Gasteiger charge is 2.40. The van der Waals surface area contributed by atoms with Gasteiger partial charge in [-0.15, -0.1) is 0 Å². The lowest BCUT2D eigenvalue weighted by atomic mass is 9.96. The average Bonchev–Trinajstić information content (AvgIpc) is 3.27. The predicted octanol–water partition coefficient (Wildman–Crippen LogP) is 7.21. The smallest absolute Gasteiger partial charge is 0.230 e. The zero-order valence-electron chi connectivity index (χ0n) is 26.2. The minimum absolute atomic E-state index is 0.0492. The molecule has 4 atom stereocenters. The van der Waals surface area contributed by atoms with Crippen LogP contribution in [0.1, 0.15) is 66.9 Å². The fraction of sp³-hybridized carbons (Fsp3) is 0.677. The number of ether oxygens (including phenoxy) is 2. The van der Waals surface area contributed by atoms with E-state index in [1.54, 1.807) is 23.8 Å². The van der Waals surface area contributed by atoms with E-state index in [9.17, 15) is 9.90 Å². The molecular weight excluding hydrogens is 559 g/mol. The summed E-state index contributed by atoms with van der Waals surface area (Å²) >= 11 is 7.00. The van der Waals surface area contributed by atoms with Crippen molar-refractivity contribution in [1.82, 2.24) is 4.90 Å². The van der Waals surface area contributed by atoms with E-state index >= 15 is 0 Å². The van der Waals surface area contributed by atoms with Crippen molar-refractivity contribution in [1.29, 1.82) is 0 Å². The lowest BCUT2D eigenvalue weighted by molar-refractivity contribution is -0.131. The van der Waals surface area contributed by atoms with Gasteiger partial charge < -0.3 is 19.0 Å². The van der Waals surface area contributed by atoms with E-state index in [1.807, 2.05) is 31.2 Å². The van der Waals surface area contributed by atoms with Crippen LogP contribution >= 0.6 is 24.0 Å². The minimum atomic E-state index is -2.06. The Labute approximate surface area is 253 Å². The second-order valence-corrected chi connectivity index (χ2v) is 19.2. The van der Waals surface area contributed by atoms with E-state index in [1.165, 1.54) is 0 Å². The van der Waals surface area contributed by atoms with Gasteiger partial charge in [-0.1, -0.05) is 83.7 Å². The molecular formula is C31H51NO5S2Si. The number of aliphatic hydroxyl groups is 1. The van der Waals surface area contributed by atoms with Gasteiger partial charge in [0.15, 0.2) is 8.32 Å². The first-order valence-electron chi connectivity index (χ1n) is 14.3. The summed E-state index contributed by atoms with van der Waals surface area (Å²) in [7, 11) is -0.406. The Bertz CT molecular complexity index is 1010. The largest absolute Gasteiger partial charge is 0.497 e. The Morgan fingerprint density at radius 3 is 2.40 bits per heavy atom. The number of nitrogens with zero attached hydrogens (tertiary/aromatic N) is 1. The number of carbonyl (C=O) groups is 1. The monoisotopic (exact) mass is 609 g/mol. The van der Waals surface area contributed by atoms with Gasteiger partial charge in [0.2, 0.25) is 5.91 Å². The molecule has 0 aromatic heterocycles. The van der Waals surface area contributed by atoms with Gasteiger partial charge in [0.1, 0.15) is 10.1 Å². The SMILES string of the molecule is COc1ccc(COCC[C@H](O[Si](C)(C)C(C)(C)C)/C(C)=C/[C@H](C)[C@@H](O)CC(=O)N2C(=S)SC[C@H]2C(C)C)cc1. The molecule has 1 aromatic rings. The number of hydrogen-bond donors (Lipinski definition) is 1. The Balaban J connectivity index is 2.08. The number of thioether (sulfide) groups is 1. The summed E-state index contributed by atoms with van der Waals surface area (Å²) in [6.07, 6.45) is 1.89. The molecule has 1 aromatic carbocycles. The van der Waals surface area contributed by atoms with Crippen LogP contribution in [-0.4, -0.2) is 66.3 Å². The van der Waals surface area contributed by atoms with Crippen LogP contribution in [0.15, 0.2) is 35.9 Å². The van der Waals surface area contributed by atoms with E-state index in [0.29, 0.717) is 29.9 Å². The van der Waals surface area contributed by atoms with Crippen molar-refractivity contribution in [3.8, 4) is 5.75 Å². The van der Waals surface area contributed by atoms with Gasteiger partial charge in [0.25, 0.3) is 0 Å². The number of amides is 1. The predicted molar refractivity (Wildman–Crippen MR) is 173 cm³/mol. The molecule has 2 rings (SSSR count). The quantitative estimate of drug-likeness (QED) is 0.103. The maximum atomic E-state index is 13.1. The van der Waals surface area contributed by atoms with Gasteiger partial charge in [0, 0.05) is 24.3 Å². The number of hydrogen-bond acceptors (Lipinski definition) is 7. The number of rotatable bonds is 14. The highest BCUT2D eigenvalue weighted by molar-refractivity contribution is 8.23. The fourth-order valence-electron chi connectivity index (χ4n) is 4.32. The number of benzene rings is 1. The lowest BCUT2D eigenvalue weighted by Gasteiger charge is -2.40. The molecule has 40 heavy (non-hydrogen) atoms. The van der Waals surface area contributed by atoms with E-state index < -0.39 is 14.4 Å². The Kier molecular flexibility index (Phi) is 13.4. The van der Waals surface area contributed by atoms with Crippen LogP contribution in [0.3, 0.4) is 0 Å². The zero-order chi connectivity index (χ0) is 30.3. The molecule has 1 heterocycles. The topological polar surface area (TPSA) is 68.2 Å². The maximum Gasteiger partial charge on any atom is 0.230 e. The molecule has 6 nitrogen and oxygen atoms in total. The van der Waals surface area contributed by atoms with Crippen molar-refractivity contribution < 1.29 is 23.8 Å². The average molecular weight is 610 g/mol. The molecule has 1 fully saturated rings. The molecule has 9 heteroatoms. The highest BCUT2D eigenvalue weighted by atomic mass is 32.2. The van der Waals surface area contributed by atoms with Crippen LogP contribution in [0.5, 0.6) is 5.75 Å². The van der Waals surface area contributed by atoms with Crippen molar-refractivity contribution in [3.63, 3.8) is 0 Å². The molecule has 0 unspecified atom stereocenters. The van der Waals surface area contributed by atoms with Crippen molar-refractivity contribution in [2.45, 2.75) is 104 Å². The number of methoxy groups -OCH3 is 1. The van der Waals surface area contributed by atoms with Gasteiger partial charge >= 0.3 is 0 Å². The van der Waals surface area contributed by atoms with Gasteiger partial charge in [0.05, 0.1) is 32.3 Å². The fourth-order valence-corrected chi connectivity index (χ4v) is 7.36. The lowest BCUT2D eigenvalue weighted by Crippen LogP contribution is -2.44. The minimum Gasteiger partial charge on any atom is -0.497 e. The molecule has 0 saturated carbocycles. The summed E-state index contributed by atoms with van der Waals surface area (Å²) in [6, 6.07) is 7.98. The first kappa shape index (κ1) is 35.0. The molecule has 1 aliphatic heterocycles. The molecule has 0 radical (unpaired) electrons. The molecule has 226 valence electrons. The third-order valence-electron chi connectivity index (χ3n) is 8.16. The number of carbonyl (C=O) groups excluding carboxylic acids is 1. The normalized spacial score (nSPS) is 19.2. The van der Waals surface area contributed by atoms with Crippen LogP contribution in [-0.2, 0) is 20.6 Å². The molecule has 0 aliphatic carbocycles. The van der Waals surface area contributed by atoms with E-state index in [-0.39, 0.29) is 35.4 Å². The van der Waals surface area contributed by atoms with Gasteiger partial charge in [-0.3, -0.25) is 9.69 Å². The maximum absolute atomic E-state index is 13.1. The summed E-state index contributed by atoms with van der Waals surface area (Å²) in [5, 5.41) is 11.1. The number of aliphatic hydroxyl groups excluding tert-OH is 1. The summed E-state index contributed by atoms with van der Waals surface area (Å²) in [4.78, 5) is 14.9. The first-order chi connectivity index (χ1) is 18.6. The van der Waals surface area contributed by atoms with Crippen molar-refractivity contribution in [3.05, 3.63) is 41.5 Å². The molecule has 0 bridgehead atoms.